The Balaban J connectivity index is 2.34. The first-order chi connectivity index (χ1) is 9.65. The second-order valence-electron chi connectivity index (χ2n) is 5.74. The molecule has 0 bridgehead atoms. The van der Waals surface area contributed by atoms with Gasteiger partial charge in [-0.25, -0.2) is 4.85 Å². The molecule has 0 radical (unpaired) electrons. The Labute approximate surface area is 120 Å². The number of rotatable bonds is 2. The zero-order valence-electron chi connectivity index (χ0n) is 11.6. The van der Waals surface area contributed by atoms with Gasteiger partial charge in [-0.3, -0.25) is 4.79 Å². The van der Waals surface area contributed by atoms with E-state index in [0.29, 0.717) is 12.8 Å². The third-order valence-electron chi connectivity index (χ3n) is 3.67. The molecule has 2 rings (SSSR count). The average molecular weight is 297 g/mol. The van der Waals surface area contributed by atoms with Crippen LogP contribution < -0.4 is 4.74 Å². The molecule has 1 aromatic rings. The van der Waals surface area contributed by atoms with Crippen LogP contribution in [-0.2, 0) is 11.0 Å². The molecule has 0 spiro atoms. The normalized spacial score (nSPS) is 21.1. The number of hydrogen-bond acceptors (Lipinski definition) is 2. The molecule has 1 unspecified atom stereocenters. The highest BCUT2D eigenvalue weighted by Crippen LogP contribution is 2.41. The van der Waals surface area contributed by atoms with Crippen molar-refractivity contribution in [3.05, 3.63) is 35.2 Å². The molecule has 0 aromatic heterocycles. The zero-order chi connectivity index (χ0) is 15.8. The van der Waals surface area contributed by atoms with Gasteiger partial charge < -0.3 is 4.74 Å². The highest BCUT2D eigenvalue weighted by Gasteiger charge is 2.43. The lowest BCUT2D eigenvalue weighted by Crippen LogP contribution is -2.34. The SMILES string of the molecule is [C-]#[N+]c1ccc(OC2C(=O)CCC2(C)C)cc1C(F)(F)F. The van der Waals surface area contributed by atoms with Crippen LogP contribution in [0.2, 0.25) is 0 Å². The number of benzene rings is 1. The van der Waals surface area contributed by atoms with Crippen molar-refractivity contribution in [2.75, 3.05) is 0 Å². The minimum absolute atomic E-state index is 0.0388. The summed E-state index contributed by atoms with van der Waals surface area (Å²) in [5, 5.41) is 0. The molecule has 0 N–H and O–H groups in total. The van der Waals surface area contributed by atoms with Crippen LogP contribution >= 0.6 is 0 Å². The minimum atomic E-state index is -4.63. The number of Topliss-reactive ketones (excluding diaryl/α,β-unsaturated/α-hetero) is 1. The third-order valence-corrected chi connectivity index (χ3v) is 3.67. The van der Waals surface area contributed by atoms with E-state index >= 15 is 0 Å². The van der Waals surface area contributed by atoms with E-state index in [0.717, 1.165) is 12.1 Å². The highest BCUT2D eigenvalue weighted by molar-refractivity contribution is 5.86. The molecule has 1 aliphatic rings. The van der Waals surface area contributed by atoms with Crippen LogP contribution in [0.1, 0.15) is 32.3 Å². The molecular formula is C15H14F3NO2. The van der Waals surface area contributed by atoms with Crippen molar-refractivity contribution in [3.63, 3.8) is 0 Å². The van der Waals surface area contributed by atoms with Gasteiger partial charge in [0.05, 0.1) is 12.1 Å². The maximum atomic E-state index is 12.9. The Morgan fingerprint density at radius 1 is 1.38 bits per heavy atom. The summed E-state index contributed by atoms with van der Waals surface area (Å²) in [6.07, 6.45) is -4.38. The van der Waals surface area contributed by atoms with Crippen molar-refractivity contribution in [1.82, 2.24) is 0 Å². The molecule has 0 saturated heterocycles. The fourth-order valence-corrected chi connectivity index (χ4v) is 2.42. The third kappa shape index (κ3) is 3.02. The second kappa shape index (κ2) is 5.06. The molecule has 1 aromatic carbocycles. The van der Waals surface area contributed by atoms with Crippen molar-refractivity contribution in [3.8, 4) is 5.75 Å². The maximum Gasteiger partial charge on any atom is 0.407 e. The minimum Gasteiger partial charge on any atom is -0.482 e. The lowest BCUT2D eigenvalue weighted by molar-refractivity contribution is -0.137. The first-order valence-corrected chi connectivity index (χ1v) is 6.43. The molecule has 1 atom stereocenters. The summed E-state index contributed by atoms with van der Waals surface area (Å²) in [5.41, 5.74) is -1.93. The fraction of sp³-hybridized carbons (Fsp3) is 0.467. The number of carbonyl (C=O) groups is 1. The van der Waals surface area contributed by atoms with Crippen molar-refractivity contribution in [2.45, 2.75) is 39.0 Å². The Hall–Kier alpha value is -2.03. The number of halogens is 3. The van der Waals surface area contributed by atoms with E-state index in [1.165, 1.54) is 6.07 Å². The molecule has 1 aliphatic carbocycles. The summed E-state index contributed by atoms with van der Waals surface area (Å²) >= 11 is 0. The van der Waals surface area contributed by atoms with Crippen molar-refractivity contribution in [2.24, 2.45) is 5.41 Å². The Bertz CT molecular complexity index is 614. The summed E-state index contributed by atoms with van der Waals surface area (Å²) < 4.78 is 44.2. The molecule has 1 saturated carbocycles. The van der Waals surface area contributed by atoms with Gasteiger partial charge in [-0.1, -0.05) is 19.9 Å². The largest absolute Gasteiger partial charge is 0.482 e. The van der Waals surface area contributed by atoms with Crippen molar-refractivity contribution >= 4 is 11.5 Å². The predicted octanol–water partition coefficient (Wildman–Crippen LogP) is 4.39. The van der Waals surface area contributed by atoms with Crippen molar-refractivity contribution in [1.29, 1.82) is 0 Å². The summed E-state index contributed by atoms with van der Waals surface area (Å²) in [6, 6.07) is 3.15. The smallest absolute Gasteiger partial charge is 0.407 e. The predicted molar refractivity (Wildman–Crippen MR) is 70.1 cm³/mol. The lowest BCUT2D eigenvalue weighted by atomic mass is 9.89. The molecule has 3 nitrogen and oxygen atoms in total. The van der Waals surface area contributed by atoms with Gasteiger partial charge in [0.2, 0.25) is 0 Å². The van der Waals surface area contributed by atoms with Gasteiger partial charge in [-0.05, 0) is 18.6 Å². The molecule has 0 aliphatic heterocycles. The molecule has 1 fully saturated rings. The number of nitrogens with zero attached hydrogens (tertiary/aromatic N) is 1. The molecule has 21 heavy (non-hydrogen) atoms. The number of hydrogen-bond donors (Lipinski definition) is 0. The van der Waals surface area contributed by atoms with E-state index in [1.807, 2.05) is 13.8 Å². The topological polar surface area (TPSA) is 30.7 Å². The highest BCUT2D eigenvalue weighted by atomic mass is 19.4. The van der Waals surface area contributed by atoms with Crippen LogP contribution in [-0.4, -0.2) is 11.9 Å². The standard InChI is InChI=1S/C15H14F3NO2/c1-14(2)7-6-12(20)13(14)21-9-4-5-11(19-3)10(8-9)15(16,17)18/h4-5,8,13H,6-7H2,1-2H3. The maximum absolute atomic E-state index is 12.9. The summed E-state index contributed by atoms with van der Waals surface area (Å²) in [4.78, 5) is 14.7. The second-order valence-corrected chi connectivity index (χ2v) is 5.74. The van der Waals surface area contributed by atoms with Crippen LogP contribution in [0.25, 0.3) is 4.85 Å². The van der Waals surface area contributed by atoms with E-state index in [4.69, 9.17) is 11.3 Å². The van der Waals surface area contributed by atoms with Gasteiger partial charge in [0.15, 0.2) is 17.6 Å². The van der Waals surface area contributed by atoms with E-state index in [9.17, 15) is 18.0 Å². The Morgan fingerprint density at radius 2 is 2.05 bits per heavy atom. The molecule has 0 amide bonds. The molecular weight excluding hydrogens is 283 g/mol. The van der Waals surface area contributed by atoms with E-state index in [-0.39, 0.29) is 11.5 Å². The Kier molecular flexibility index (Phi) is 3.70. The quantitative estimate of drug-likeness (QED) is 0.758. The number of ketones is 1. The van der Waals surface area contributed by atoms with Crippen LogP contribution in [0.5, 0.6) is 5.75 Å². The van der Waals surface area contributed by atoms with Crippen molar-refractivity contribution < 1.29 is 22.7 Å². The fourth-order valence-electron chi connectivity index (χ4n) is 2.42. The average Bonchev–Trinajstić information content (AvgIpc) is 2.64. The first kappa shape index (κ1) is 15.4. The number of ether oxygens (including phenoxy) is 1. The van der Waals surface area contributed by atoms with E-state index in [1.54, 1.807) is 0 Å². The zero-order valence-corrected chi connectivity index (χ0v) is 11.6. The van der Waals surface area contributed by atoms with Gasteiger partial charge >= 0.3 is 6.18 Å². The van der Waals surface area contributed by atoms with Crippen LogP contribution in [0.4, 0.5) is 18.9 Å². The molecule has 0 heterocycles. The summed E-state index contributed by atoms with van der Waals surface area (Å²) in [7, 11) is 0. The lowest BCUT2D eigenvalue weighted by Gasteiger charge is -2.26. The van der Waals surface area contributed by atoms with Gasteiger partial charge in [-0.2, -0.15) is 13.2 Å². The van der Waals surface area contributed by atoms with Gasteiger partial charge in [0.1, 0.15) is 5.75 Å². The first-order valence-electron chi connectivity index (χ1n) is 6.43. The number of alkyl halides is 3. The Morgan fingerprint density at radius 3 is 2.52 bits per heavy atom. The van der Waals surface area contributed by atoms with Crippen LogP contribution in [0, 0.1) is 12.0 Å². The summed E-state index contributed by atoms with van der Waals surface area (Å²) in [5.74, 6) is -0.147. The van der Waals surface area contributed by atoms with Crippen LogP contribution in [0.15, 0.2) is 18.2 Å². The van der Waals surface area contributed by atoms with E-state index in [2.05, 4.69) is 4.85 Å². The van der Waals surface area contributed by atoms with Gasteiger partial charge in [-0.15, -0.1) is 0 Å². The molecule has 6 heteroatoms. The van der Waals surface area contributed by atoms with E-state index < -0.39 is 28.9 Å². The monoisotopic (exact) mass is 297 g/mol. The van der Waals surface area contributed by atoms with Crippen LogP contribution in [0.3, 0.4) is 0 Å². The van der Waals surface area contributed by atoms with Gasteiger partial charge in [0, 0.05) is 11.8 Å². The summed E-state index contributed by atoms with van der Waals surface area (Å²) in [6.45, 7) is 10.5. The molecule has 112 valence electrons. The van der Waals surface area contributed by atoms with Gasteiger partial charge in [0.25, 0.3) is 0 Å². The number of carbonyl (C=O) groups excluding carboxylic acids is 1.